The molecule has 12 nitrogen and oxygen atoms in total. The van der Waals surface area contributed by atoms with Crippen molar-refractivity contribution in [3.8, 4) is 11.5 Å². The van der Waals surface area contributed by atoms with Gasteiger partial charge in [-0.05, 0) is 67.6 Å². The predicted octanol–water partition coefficient (Wildman–Crippen LogP) is 4.84. The molecule has 0 radical (unpaired) electrons. The molecule has 0 saturated heterocycles. The standard InChI is InChI=1S/C30H30N4O4.C7H8.C2H5NO.CH5N.CH2O/c1-34(24-11-15-26(38-3)16-12-24)30(36)28(18-21-7-5-4-6-8-21)33-29(35)27-19-23(31-20-32-27)17-22-9-13-25(37-2)14-10-22;1-7-5-3-2-4-6-7;1-3-2-4;2*1-2/h4-16,19-20,28H,17-18H2,1-3H3,(H,33,35);2-6H,1H3;2H,1H3,(H,3,4);2H2,1H3;1H2. The first kappa shape index (κ1) is 44.6. The van der Waals surface area contributed by atoms with Crippen LogP contribution in [-0.2, 0) is 27.2 Å². The van der Waals surface area contributed by atoms with E-state index in [1.165, 1.54) is 23.8 Å². The van der Waals surface area contributed by atoms with Gasteiger partial charge in [0.1, 0.15) is 36.4 Å². The van der Waals surface area contributed by atoms with Crippen LogP contribution in [0.1, 0.15) is 32.9 Å². The topological polar surface area (TPSA) is 166 Å². The lowest BCUT2D eigenvalue weighted by Crippen LogP contribution is -2.49. The molecule has 0 aliphatic heterocycles. The molecule has 0 spiro atoms. The summed E-state index contributed by atoms with van der Waals surface area (Å²) in [5.41, 5.74) is 9.35. The molecule has 4 N–H and O–H groups in total. The smallest absolute Gasteiger partial charge is 0.270 e. The summed E-state index contributed by atoms with van der Waals surface area (Å²) in [4.78, 5) is 53.9. The van der Waals surface area contributed by atoms with Crippen molar-refractivity contribution in [2.45, 2.75) is 25.8 Å². The first-order valence-electron chi connectivity index (χ1n) is 16.5. The van der Waals surface area contributed by atoms with Crippen LogP contribution in [0.3, 0.4) is 0 Å². The normalized spacial score (nSPS) is 9.87. The van der Waals surface area contributed by atoms with Gasteiger partial charge in [-0.25, -0.2) is 9.97 Å². The monoisotopic (exact) mass is 722 g/mol. The first-order valence-corrected chi connectivity index (χ1v) is 16.5. The Hall–Kier alpha value is -6.40. The molecule has 0 saturated carbocycles. The second-order valence-corrected chi connectivity index (χ2v) is 10.8. The molecule has 12 heteroatoms. The lowest BCUT2D eigenvalue weighted by Gasteiger charge is -2.25. The van der Waals surface area contributed by atoms with Gasteiger partial charge in [0.2, 0.25) is 12.3 Å². The van der Waals surface area contributed by atoms with Crippen molar-refractivity contribution in [1.29, 1.82) is 0 Å². The number of carbonyl (C=O) groups is 4. The summed E-state index contributed by atoms with van der Waals surface area (Å²) in [7, 11) is 7.96. The number of aromatic nitrogens is 2. The molecule has 280 valence electrons. The Morgan fingerprint density at radius 2 is 1.32 bits per heavy atom. The minimum Gasteiger partial charge on any atom is -0.497 e. The molecule has 0 bridgehead atoms. The van der Waals surface area contributed by atoms with E-state index in [9.17, 15) is 9.59 Å². The van der Waals surface area contributed by atoms with Crippen molar-refractivity contribution < 1.29 is 28.7 Å². The van der Waals surface area contributed by atoms with E-state index in [1.807, 2.05) is 79.6 Å². The van der Waals surface area contributed by atoms with Gasteiger partial charge < -0.3 is 35.5 Å². The van der Waals surface area contributed by atoms with Crippen molar-refractivity contribution in [2.75, 3.05) is 40.3 Å². The molecule has 0 fully saturated rings. The van der Waals surface area contributed by atoms with Crippen molar-refractivity contribution in [2.24, 2.45) is 5.73 Å². The number of hydrogen-bond donors (Lipinski definition) is 3. The van der Waals surface area contributed by atoms with Gasteiger partial charge in [0.05, 0.1) is 14.2 Å². The van der Waals surface area contributed by atoms with E-state index in [-0.39, 0.29) is 11.6 Å². The van der Waals surface area contributed by atoms with Gasteiger partial charge in [0.25, 0.3) is 5.91 Å². The highest BCUT2D eigenvalue weighted by Crippen LogP contribution is 2.20. The van der Waals surface area contributed by atoms with Crippen LogP contribution >= 0.6 is 0 Å². The van der Waals surface area contributed by atoms with Crippen molar-refractivity contribution >= 4 is 30.7 Å². The number of nitrogens with zero attached hydrogens (tertiary/aromatic N) is 3. The van der Waals surface area contributed by atoms with E-state index < -0.39 is 11.9 Å². The number of likely N-dealkylation sites (N-methyl/N-ethyl adjacent to an activating group) is 1. The summed E-state index contributed by atoms with van der Waals surface area (Å²) in [5.74, 6) is 0.767. The number of nitrogens with one attached hydrogen (secondary N) is 2. The Morgan fingerprint density at radius 1 is 0.811 bits per heavy atom. The lowest BCUT2D eigenvalue weighted by molar-refractivity contribution is -0.120. The van der Waals surface area contributed by atoms with Gasteiger partial charge in [0.15, 0.2) is 0 Å². The zero-order chi connectivity index (χ0) is 39.4. The Labute approximate surface area is 312 Å². The van der Waals surface area contributed by atoms with Crippen LogP contribution in [-0.4, -0.2) is 76.4 Å². The molecule has 1 aromatic heterocycles. The summed E-state index contributed by atoms with van der Waals surface area (Å²) in [6.45, 7) is 4.08. The van der Waals surface area contributed by atoms with Crippen molar-refractivity contribution in [1.82, 2.24) is 20.6 Å². The van der Waals surface area contributed by atoms with Gasteiger partial charge >= 0.3 is 0 Å². The van der Waals surface area contributed by atoms with E-state index >= 15 is 0 Å². The average Bonchev–Trinajstić information content (AvgIpc) is 3.23. The van der Waals surface area contributed by atoms with E-state index in [1.54, 1.807) is 58.6 Å². The zero-order valence-electron chi connectivity index (χ0n) is 31.2. The molecule has 1 heterocycles. The summed E-state index contributed by atoms with van der Waals surface area (Å²) in [6.07, 6.45) is 2.85. The third kappa shape index (κ3) is 16.4. The van der Waals surface area contributed by atoms with Crippen LogP contribution in [0, 0.1) is 6.92 Å². The van der Waals surface area contributed by atoms with Crippen LogP contribution in [0.5, 0.6) is 11.5 Å². The minimum absolute atomic E-state index is 0.196. The SMILES string of the molecule is C=O.CN.CNC=O.COc1ccc(Cc2cc(C(=O)NC(Cc3ccccc3)C(=O)N(C)c3ccc(OC)cc3)ncn2)cc1.Cc1ccccc1. The number of rotatable bonds is 11. The number of methoxy groups -OCH3 is 2. The molecule has 5 rings (SSSR count). The minimum atomic E-state index is -0.808. The van der Waals surface area contributed by atoms with Gasteiger partial charge in [-0.2, -0.15) is 0 Å². The molecule has 0 aliphatic rings. The summed E-state index contributed by atoms with van der Waals surface area (Å²) >= 11 is 0. The second-order valence-electron chi connectivity index (χ2n) is 10.8. The third-order valence-electron chi connectivity index (χ3n) is 7.24. The van der Waals surface area contributed by atoms with Crippen LogP contribution < -0.4 is 30.7 Å². The molecule has 1 atom stereocenters. The quantitative estimate of drug-likeness (QED) is 0.162. The molecule has 3 amide bonds. The Morgan fingerprint density at radius 3 is 1.79 bits per heavy atom. The number of hydrogen-bond acceptors (Lipinski definition) is 9. The van der Waals surface area contributed by atoms with Crippen molar-refractivity contribution in [3.63, 3.8) is 0 Å². The Bertz CT molecular complexity index is 1740. The number of benzene rings is 4. The number of carbonyl (C=O) groups excluding carboxylic acids is 4. The fourth-order valence-electron chi connectivity index (χ4n) is 4.55. The molecular formula is C41H50N6O6. The summed E-state index contributed by atoms with van der Waals surface area (Å²) in [5, 5.41) is 5.15. The second kappa shape index (κ2) is 26.4. The van der Waals surface area contributed by atoms with E-state index in [2.05, 4.69) is 45.4 Å². The molecule has 5 aromatic rings. The zero-order valence-corrected chi connectivity index (χ0v) is 31.2. The highest BCUT2D eigenvalue weighted by molar-refractivity contribution is 6.01. The fraction of sp³-hybridized carbons (Fsp3) is 0.220. The van der Waals surface area contributed by atoms with Gasteiger partial charge in [-0.15, -0.1) is 0 Å². The predicted molar refractivity (Wildman–Crippen MR) is 209 cm³/mol. The van der Waals surface area contributed by atoms with Gasteiger partial charge in [-0.1, -0.05) is 78.4 Å². The summed E-state index contributed by atoms with van der Waals surface area (Å²) in [6, 6.07) is 35.5. The lowest BCUT2D eigenvalue weighted by atomic mass is 10.0. The molecule has 0 aliphatic carbocycles. The molecular weight excluding hydrogens is 672 g/mol. The number of amides is 3. The van der Waals surface area contributed by atoms with E-state index in [4.69, 9.17) is 19.1 Å². The van der Waals surface area contributed by atoms with E-state index in [0.29, 0.717) is 36.4 Å². The van der Waals surface area contributed by atoms with Crippen LogP contribution in [0.25, 0.3) is 0 Å². The highest BCUT2D eigenvalue weighted by Gasteiger charge is 2.26. The number of anilines is 1. The molecule has 53 heavy (non-hydrogen) atoms. The summed E-state index contributed by atoms with van der Waals surface area (Å²) < 4.78 is 10.4. The highest BCUT2D eigenvalue weighted by atomic mass is 16.5. The molecule has 4 aromatic carbocycles. The van der Waals surface area contributed by atoms with Crippen LogP contribution in [0.2, 0.25) is 0 Å². The maximum atomic E-state index is 13.6. The molecule has 1 unspecified atom stereocenters. The maximum absolute atomic E-state index is 13.6. The van der Waals surface area contributed by atoms with E-state index in [0.717, 1.165) is 16.9 Å². The average molecular weight is 723 g/mol. The largest absolute Gasteiger partial charge is 0.497 e. The Kier molecular flexibility index (Phi) is 22.2. The Balaban J connectivity index is 0.000000791. The van der Waals surface area contributed by atoms with Crippen molar-refractivity contribution in [3.05, 3.63) is 150 Å². The number of aryl methyl sites for hydroxylation is 1. The van der Waals surface area contributed by atoms with Crippen LogP contribution in [0.15, 0.2) is 122 Å². The third-order valence-corrected chi connectivity index (χ3v) is 7.24. The van der Waals surface area contributed by atoms with Gasteiger partial charge in [0, 0.05) is 38.3 Å². The van der Waals surface area contributed by atoms with Gasteiger partial charge in [-0.3, -0.25) is 14.4 Å². The van der Waals surface area contributed by atoms with Crippen LogP contribution in [0.4, 0.5) is 5.69 Å². The fourth-order valence-corrected chi connectivity index (χ4v) is 4.55. The maximum Gasteiger partial charge on any atom is 0.270 e. The number of ether oxygens (including phenoxy) is 2. The number of nitrogens with two attached hydrogens (primary N) is 1. The first-order chi connectivity index (χ1) is 25.8.